The maximum absolute atomic E-state index is 9.19. The minimum absolute atomic E-state index is 0.437. The summed E-state index contributed by atoms with van der Waals surface area (Å²) in [5.74, 6) is 4.21. The van der Waals surface area contributed by atoms with Gasteiger partial charge in [-0.15, -0.1) is 0 Å². The smallest absolute Gasteiger partial charge is 0.261 e. The van der Waals surface area contributed by atoms with E-state index in [2.05, 4.69) is 29.6 Å². The van der Waals surface area contributed by atoms with Crippen molar-refractivity contribution >= 4 is 10.1 Å². The second kappa shape index (κ2) is 10.6. The molecule has 0 atom stereocenters. The first-order valence-corrected chi connectivity index (χ1v) is 16.5. The van der Waals surface area contributed by atoms with Crippen molar-refractivity contribution in [2.24, 2.45) is 29.6 Å². The van der Waals surface area contributed by atoms with Crippen molar-refractivity contribution in [2.75, 3.05) is 26.0 Å². The van der Waals surface area contributed by atoms with Gasteiger partial charge in [0.1, 0.15) is 5.75 Å². The zero-order chi connectivity index (χ0) is 26.4. The van der Waals surface area contributed by atoms with E-state index in [9.17, 15) is 8.42 Å². The van der Waals surface area contributed by atoms with Crippen LogP contribution in [0.5, 0.6) is 5.75 Å². The van der Waals surface area contributed by atoms with Gasteiger partial charge in [0, 0.05) is 24.7 Å². The minimum atomic E-state index is -3.67. The van der Waals surface area contributed by atoms with E-state index in [4.69, 9.17) is 23.8 Å². The molecule has 7 fully saturated rings. The summed E-state index contributed by atoms with van der Waals surface area (Å²) in [6.07, 6.45) is 13.8. The van der Waals surface area contributed by atoms with Crippen molar-refractivity contribution in [2.45, 2.75) is 88.1 Å². The van der Waals surface area contributed by atoms with Crippen LogP contribution < -0.4 is 10.1 Å². The molecule has 5 saturated carbocycles. The lowest BCUT2D eigenvalue weighted by Crippen LogP contribution is -2.59. The Morgan fingerprint density at radius 2 is 1.50 bits per heavy atom. The quantitative estimate of drug-likeness (QED) is 0.397. The molecular formula is C29H43NO7S. The molecule has 0 radical (unpaired) electrons. The number of benzene rings is 1. The molecule has 38 heavy (non-hydrogen) atoms. The summed E-state index contributed by atoms with van der Waals surface area (Å²) in [5.41, 5.74) is 1.42. The number of hydrogen-bond acceptors (Lipinski definition) is 7. The normalized spacial score (nSPS) is 40.3. The fourth-order valence-electron chi connectivity index (χ4n) is 8.28. The molecule has 8 rings (SSSR count). The molecule has 9 heteroatoms. The van der Waals surface area contributed by atoms with Crippen LogP contribution in [-0.4, -0.2) is 50.5 Å². The molecular weight excluding hydrogens is 506 g/mol. The highest BCUT2D eigenvalue weighted by atomic mass is 32.2. The number of nitrogens with one attached hydrogen (secondary N) is 1. The third kappa shape index (κ3) is 5.79. The molecule has 8 nitrogen and oxygen atoms in total. The second-order valence-electron chi connectivity index (χ2n) is 12.8. The minimum Gasteiger partial charge on any atom is -0.493 e. The average Bonchev–Trinajstić information content (AvgIpc) is 3.26. The van der Waals surface area contributed by atoms with E-state index in [1.165, 1.54) is 50.5 Å². The molecule has 2 aliphatic heterocycles. The number of ether oxygens (including phenoxy) is 2. The lowest BCUT2D eigenvalue weighted by Gasteiger charge is -2.57. The van der Waals surface area contributed by atoms with Crippen LogP contribution in [0, 0.1) is 29.6 Å². The molecule has 2 spiro atoms. The largest absolute Gasteiger partial charge is 0.493 e. The topological polar surface area (TPSA) is 103 Å². The van der Waals surface area contributed by atoms with Gasteiger partial charge in [-0.1, -0.05) is 12.1 Å². The summed E-state index contributed by atoms with van der Waals surface area (Å²) in [7, 11) is -3.67. The summed E-state index contributed by atoms with van der Waals surface area (Å²) < 4.78 is 38.8. The first-order valence-electron chi connectivity index (χ1n) is 14.6. The van der Waals surface area contributed by atoms with Crippen molar-refractivity contribution in [3.63, 3.8) is 0 Å². The van der Waals surface area contributed by atoms with Crippen LogP contribution >= 0.6 is 0 Å². The van der Waals surface area contributed by atoms with Crippen molar-refractivity contribution in [1.82, 2.24) is 5.32 Å². The third-order valence-electron chi connectivity index (χ3n) is 9.99. The Morgan fingerprint density at radius 1 is 0.921 bits per heavy atom. The highest BCUT2D eigenvalue weighted by molar-refractivity contribution is 7.85. The molecule has 2 heterocycles. The fraction of sp³-hybridized carbons (Fsp3) is 0.793. The highest BCUT2D eigenvalue weighted by Gasteiger charge is 2.66. The average molecular weight is 550 g/mol. The lowest BCUT2D eigenvalue weighted by molar-refractivity contribution is -0.390. The van der Waals surface area contributed by atoms with Crippen molar-refractivity contribution < 1.29 is 32.2 Å². The predicted octanol–water partition coefficient (Wildman–Crippen LogP) is 5.05. The predicted molar refractivity (Wildman–Crippen MR) is 142 cm³/mol. The standard InChI is InChI=1S/C28H39NO4.CH4O3S/c1-3-26(30-18-19-7-11-29-12-8-19)4-2-22(1)23-5-9-27(10-6-23)31-28(33-32-27)24-14-20-13-21(16-24)17-25(28)15-20;1-5(2,3)4/h1-4,19-21,23-25,29H,5-18H2;1H3,(H,2,3,4). The zero-order valence-corrected chi connectivity index (χ0v) is 23.3. The van der Waals surface area contributed by atoms with Gasteiger partial charge in [0.15, 0.2) is 0 Å². The lowest BCUT2D eigenvalue weighted by atomic mass is 9.53. The summed E-state index contributed by atoms with van der Waals surface area (Å²) in [6.45, 7) is 3.09. The Morgan fingerprint density at radius 3 is 2.08 bits per heavy atom. The van der Waals surface area contributed by atoms with E-state index in [1.807, 2.05) is 0 Å². The molecule has 0 aromatic heterocycles. The molecule has 5 aliphatic carbocycles. The van der Waals surface area contributed by atoms with E-state index in [0.29, 0.717) is 29.9 Å². The van der Waals surface area contributed by atoms with E-state index >= 15 is 0 Å². The van der Waals surface area contributed by atoms with E-state index in [0.717, 1.165) is 63.0 Å². The summed E-state index contributed by atoms with van der Waals surface area (Å²) in [5, 5.41) is 3.42. The monoisotopic (exact) mass is 549 g/mol. The maximum atomic E-state index is 9.19. The molecule has 1 aromatic rings. The Kier molecular flexibility index (Phi) is 7.55. The van der Waals surface area contributed by atoms with Crippen LogP contribution in [0.15, 0.2) is 24.3 Å². The molecule has 0 unspecified atom stereocenters. The maximum Gasteiger partial charge on any atom is 0.261 e. The molecule has 4 bridgehead atoms. The summed E-state index contributed by atoms with van der Waals surface area (Å²) >= 11 is 0. The van der Waals surface area contributed by atoms with Gasteiger partial charge in [-0.25, -0.2) is 0 Å². The van der Waals surface area contributed by atoms with E-state index in [1.54, 1.807) is 0 Å². The van der Waals surface area contributed by atoms with Gasteiger partial charge >= 0.3 is 0 Å². The highest BCUT2D eigenvalue weighted by Crippen LogP contribution is 2.64. The van der Waals surface area contributed by atoms with Crippen LogP contribution in [0.3, 0.4) is 0 Å². The Bertz CT molecular complexity index is 1020. The number of hydrogen-bond donors (Lipinski definition) is 2. The summed E-state index contributed by atoms with van der Waals surface area (Å²) in [4.78, 5) is 12.3. The van der Waals surface area contributed by atoms with Crippen LogP contribution in [0.1, 0.15) is 82.1 Å². The Hall–Kier alpha value is -1.23. The van der Waals surface area contributed by atoms with Crippen molar-refractivity contribution in [1.29, 1.82) is 0 Å². The Balaban J connectivity index is 0.000000487. The number of piperidine rings is 1. The van der Waals surface area contributed by atoms with Gasteiger partial charge in [0.2, 0.25) is 11.6 Å². The molecule has 1 aromatic carbocycles. The van der Waals surface area contributed by atoms with Gasteiger partial charge < -0.3 is 14.8 Å². The van der Waals surface area contributed by atoms with Crippen molar-refractivity contribution in [3.8, 4) is 5.75 Å². The summed E-state index contributed by atoms with van der Waals surface area (Å²) in [6, 6.07) is 8.87. The van der Waals surface area contributed by atoms with Crippen LogP contribution in [0.4, 0.5) is 0 Å². The van der Waals surface area contributed by atoms with Gasteiger partial charge in [-0.3, -0.25) is 4.55 Å². The Labute approximate surface area is 226 Å². The van der Waals surface area contributed by atoms with Gasteiger partial charge in [0.25, 0.3) is 10.1 Å². The number of rotatable bonds is 4. The van der Waals surface area contributed by atoms with Gasteiger partial charge in [-0.2, -0.15) is 18.2 Å². The zero-order valence-electron chi connectivity index (χ0n) is 22.5. The first-order chi connectivity index (χ1) is 18.2. The molecule has 2 saturated heterocycles. The molecule has 0 amide bonds. The van der Waals surface area contributed by atoms with E-state index < -0.39 is 21.7 Å². The van der Waals surface area contributed by atoms with Gasteiger partial charge in [-0.05, 0) is 112 Å². The van der Waals surface area contributed by atoms with Crippen LogP contribution in [0.2, 0.25) is 0 Å². The van der Waals surface area contributed by atoms with Crippen molar-refractivity contribution in [3.05, 3.63) is 29.8 Å². The second-order valence-corrected chi connectivity index (χ2v) is 14.3. The molecule has 2 N–H and O–H groups in total. The van der Waals surface area contributed by atoms with E-state index in [-0.39, 0.29) is 0 Å². The SMILES string of the molecule is CS(=O)(=O)O.c1cc(C2CCC3(CC2)OOC2(O3)C3CC4CC(C3)CC2C4)ccc1OCC1CCNCC1. The first kappa shape index (κ1) is 27.0. The van der Waals surface area contributed by atoms with Crippen LogP contribution in [-0.2, 0) is 24.6 Å². The van der Waals surface area contributed by atoms with Crippen LogP contribution in [0.25, 0.3) is 0 Å². The third-order valence-corrected chi connectivity index (χ3v) is 9.99. The molecule has 212 valence electrons. The molecule has 7 aliphatic rings. The van der Waals surface area contributed by atoms with Gasteiger partial charge in [0.05, 0.1) is 12.9 Å². The fourth-order valence-corrected chi connectivity index (χ4v) is 8.28.